The van der Waals surface area contributed by atoms with Crippen LogP contribution in [0.1, 0.15) is 25.8 Å². The monoisotopic (exact) mass is 393 g/mol. The molecule has 1 rings (SSSR count). The molecule has 0 spiro atoms. The van der Waals surface area contributed by atoms with Gasteiger partial charge in [0.1, 0.15) is 5.75 Å². The first kappa shape index (κ1) is 17.0. The van der Waals surface area contributed by atoms with Crippen LogP contribution in [0.25, 0.3) is 0 Å². The molecule has 0 radical (unpaired) electrons. The predicted octanol–water partition coefficient (Wildman–Crippen LogP) is 4.07. The molecule has 0 aliphatic rings. The third-order valence-electron chi connectivity index (χ3n) is 2.50. The minimum atomic E-state index is 0.242. The molecule has 0 aliphatic carbocycles. The largest absolute Gasteiger partial charge is 0.506 e. The van der Waals surface area contributed by atoms with Crippen molar-refractivity contribution in [2.45, 2.75) is 26.8 Å². The Labute approximate surface area is 132 Å². The molecule has 0 saturated heterocycles. The smallest absolute Gasteiger partial charge is 0.143 e. The van der Waals surface area contributed by atoms with E-state index in [2.05, 4.69) is 51.0 Å². The first-order valence-electron chi connectivity index (χ1n) is 6.46. The zero-order chi connectivity index (χ0) is 14.3. The van der Waals surface area contributed by atoms with E-state index in [-0.39, 0.29) is 5.75 Å². The highest BCUT2D eigenvalue weighted by atomic mass is 79.9. The Hall–Kier alpha value is -0.100. The van der Waals surface area contributed by atoms with Gasteiger partial charge in [0.05, 0.1) is 8.95 Å². The third kappa shape index (κ3) is 6.75. The Morgan fingerprint density at radius 3 is 2.47 bits per heavy atom. The van der Waals surface area contributed by atoms with Crippen LogP contribution < -0.4 is 5.32 Å². The van der Waals surface area contributed by atoms with Gasteiger partial charge < -0.3 is 15.2 Å². The molecule has 108 valence electrons. The number of hydrogen-bond donors (Lipinski definition) is 2. The summed E-state index contributed by atoms with van der Waals surface area (Å²) in [6.07, 6.45) is 1.01. The van der Waals surface area contributed by atoms with Crippen LogP contribution in [-0.4, -0.2) is 24.9 Å². The molecule has 0 aromatic heterocycles. The van der Waals surface area contributed by atoms with Crippen molar-refractivity contribution in [2.75, 3.05) is 19.8 Å². The summed E-state index contributed by atoms with van der Waals surface area (Å²) < 4.78 is 6.93. The first-order valence-corrected chi connectivity index (χ1v) is 8.04. The zero-order valence-electron chi connectivity index (χ0n) is 11.4. The van der Waals surface area contributed by atoms with E-state index in [4.69, 9.17) is 4.74 Å². The van der Waals surface area contributed by atoms with Crippen molar-refractivity contribution in [3.05, 3.63) is 26.6 Å². The minimum Gasteiger partial charge on any atom is -0.506 e. The average molecular weight is 395 g/mol. The van der Waals surface area contributed by atoms with Gasteiger partial charge in [0.15, 0.2) is 0 Å². The minimum absolute atomic E-state index is 0.242. The molecule has 0 bridgehead atoms. The maximum atomic E-state index is 9.61. The van der Waals surface area contributed by atoms with Crippen LogP contribution in [0.2, 0.25) is 0 Å². The quantitative estimate of drug-likeness (QED) is 0.653. The summed E-state index contributed by atoms with van der Waals surface area (Å²) in [4.78, 5) is 0. The second-order valence-electron chi connectivity index (χ2n) is 4.91. The number of phenols is 1. The van der Waals surface area contributed by atoms with Crippen LogP contribution in [-0.2, 0) is 11.3 Å². The Morgan fingerprint density at radius 2 is 1.89 bits per heavy atom. The number of halogens is 2. The second-order valence-corrected chi connectivity index (χ2v) is 6.62. The van der Waals surface area contributed by atoms with E-state index >= 15 is 0 Å². The second kappa shape index (κ2) is 8.95. The van der Waals surface area contributed by atoms with Crippen LogP contribution in [0.5, 0.6) is 5.75 Å². The van der Waals surface area contributed by atoms with E-state index in [1.165, 1.54) is 0 Å². The summed E-state index contributed by atoms with van der Waals surface area (Å²) in [6.45, 7) is 7.64. The molecule has 0 atom stereocenters. The van der Waals surface area contributed by atoms with Gasteiger partial charge in [0.25, 0.3) is 0 Å². The molecule has 0 saturated carbocycles. The molecule has 0 fully saturated rings. The van der Waals surface area contributed by atoms with E-state index in [1.54, 1.807) is 0 Å². The van der Waals surface area contributed by atoms with Gasteiger partial charge in [-0.05, 0) is 68.4 Å². The van der Waals surface area contributed by atoms with Crippen LogP contribution in [0.15, 0.2) is 21.1 Å². The van der Waals surface area contributed by atoms with Gasteiger partial charge in [0, 0.05) is 19.8 Å². The van der Waals surface area contributed by atoms with Gasteiger partial charge in [-0.15, -0.1) is 0 Å². The molecule has 19 heavy (non-hydrogen) atoms. The fraction of sp³-hybridized carbons (Fsp3) is 0.571. The highest BCUT2D eigenvalue weighted by molar-refractivity contribution is 9.11. The lowest BCUT2D eigenvalue weighted by Gasteiger charge is -2.09. The summed E-state index contributed by atoms with van der Waals surface area (Å²) in [5.41, 5.74) is 1.12. The maximum absolute atomic E-state index is 9.61. The lowest BCUT2D eigenvalue weighted by atomic mass is 10.2. The van der Waals surface area contributed by atoms with E-state index in [0.717, 1.165) is 38.3 Å². The number of benzene rings is 1. The molecule has 0 aliphatic heterocycles. The van der Waals surface area contributed by atoms with Gasteiger partial charge in [-0.25, -0.2) is 0 Å². The molecular formula is C14H21Br2NO2. The zero-order valence-corrected chi connectivity index (χ0v) is 14.6. The fourth-order valence-electron chi connectivity index (χ4n) is 1.57. The molecule has 0 unspecified atom stereocenters. The number of phenolic OH excluding ortho intramolecular Hbond substituents is 1. The molecule has 0 heterocycles. The van der Waals surface area contributed by atoms with Crippen molar-refractivity contribution in [3.8, 4) is 5.75 Å². The number of rotatable bonds is 8. The number of hydrogen-bond acceptors (Lipinski definition) is 3. The van der Waals surface area contributed by atoms with Crippen molar-refractivity contribution >= 4 is 31.9 Å². The van der Waals surface area contributed by atoms with Gasteiger partial charge in [-0.2, -0.15) is 0 Å². The maximum Gasteiger partial charge on any atom is 0.143 e. The average Bonchev–Trinajstić information content (AvgIpc) is 2.34. The van der Waals surface area contributed by atoms with Crippen molar-refractivity contribution in [1.82, 2.24) is 5.32 Å². The van der Waals surface area contributed by atoms with Crippen molar-refractivity contribution in [3.63, 3.8) is 0 Å². The Kier molecular flexibility index (Phi) is 7.99. The van der Waals surface area contributed by atoms with Crippen LogP contribution in [0, 0.1) is 5.92 Å². The summed E-state index contributed by atoms with van der Waals surface area (Å²) in [5, 5.41) is 13.0. The van der Waals surface area contributed by atoms with Crippen LogP contribution in [0.3, 0.4) is 0 Å². The molecule has 1 aromatic rings. The van der Waals surface area contributed by atoms with Gasteiger partial charge >= 0.3 is 0 Å². The van der Waals surface area contributed by atoms with Crippen molar-refractivity contribution in [1.29, 1.82) is 0 Å². The van der Waals surface area contributed by atoms with Crippen LogP contribution in [0.4, 0.5) is 0 Å². The fourth-order valence-corrected chi connectivity index (χ4v) is 2.85. The summed E-state index contributed by atoms with van der Waals surface area (Å²) in [7, 11) is 0. The van der Waals surface area contributed by atoms with E-state index < -0.39 is 0 Å². The lowest BCUT2D eigenvalue weighted by Crippen LogP contribution is -2.17. The summed E-state index contributed by atoms with van der Waals surface area (Å²) >= 11 is 6.65. The molecule has 0 amide bonds. The van der Waals surface area contributed by atoms with Gasteiger partial charge in [-0.1, -0.05) is 13.8 Å². The van der Waals surface area contributed by atoms with Crippen molar-refractivity contribution in [2.24, 2.45) is 5.92 Å². The third-order valence-corrected chi connectivity index (χ3v) is 3.71. The molecule has 2 N–H and O–H groups in total. The number of nitrogens with one attached hydrogen (secondary N) is 1. The van der Waals surface area contributed by atoms with E-state index in [1.807, 2.05) is 12.1 Å². The predicted molar refractivity (Wildman–Crippen MR) is 85.5 cm³/mol. The lowest BCUT2D eigenvalue weighted by molar-refractivity contribution is 0.108. The SMILES string of the molecule is CC(C)COCCCNCc1cc(Br)c(O)c(Br)c1. The Morgan fingerprint density at radius 1 is 1.26 bits per heavy atom. The van der Waals surface area contributed by atoms with Gasteiger partial charge in [0.2, 0.25) is 0 Å². The molecule has 5 heteroatoms. The van der Waals surface area contributed by atoms with Gasteiger partial charge in [-0.3, -0.25) is 0 Å². The topological polar surface area (TPSA) is 41.5 Å². The number of ether oxygens (including phenoxy) is 1. The summed E-state index contributed by atoms with van der Waals surface area (Å²) in [5.74, 6) is 0.838. The standard InChI is InChI=1S/C14H21Br2NO2/c1-10(2)9-19-5-3-4-17-8-11-6-12(15)14(18)13(16)7-11/h6-7,10,17-18H,3-5,8-9H2,1-2H3. The van der Waals surface area contributed by atoms with E-state index in [0.29, 0.717) is 14.9 Å². The molecule has 1 aromatic carbocycles. The highest BCUT2D eigenvalue weighted by Crippen LogP contribution is 2.33. The number of aromatic hydroxyl groups is 1. The normalized spacial score (nSPS) is 11.2. The Bertz CT molecular complexity index is 374. The van der Waals surface area contributed by atoms with Crippen LogP contribution >= 0.6 is 31.9 Å². The Balaban J connectivity index is 2.19. The molecule has 3 nitrogen and oxygen atoms in total. The summed E-state index contributed by atoms with van der Waals surface area (Å²) in [6, 6.07) is 3.84. The van der Waals surface area contributed by atoms with Crippen molar-refractivity contribution < 1.29 is 9.84 Å². The highest BCUT2D eigenvalue weighted by Gasteiger charge is 2.05. The molecular weight excluding hydrogens is 374 g/mol. The van der Waals surface area contributed by atoms with E-state index in [9.17, 15) is 5.11 Å². The first-order chi connectivity index (χ1) is 9.00.